The Hall–Kier alpha value is -2.12. The van der Waals surface area contributed by atoms with Crippen LogP contribution >= 0.6 is 23.1 Å². The zero-order valence-corrected chi connectivity index (χ0v) is 16.7. The van der Waals surface area contributed by atoms with E-state index in [2.05, 4.69) is 10.3 Å². The highest BCUT2D eigenvalue weighted by atomic mass is 32.2. The summed E-state index contributed by atoms with van der Waals surface area (Å²) in [6, 6.07) is 11.6. The van der Waals surface area contributed by atoms with Crippen molar-refractivity contribution in [1.29, 1.82) is 0 Å². The first-order chi connectivity index (χ1) is 13.1. The third-order valence-corrected chi connectivity index (χ3v) is 6.73. The fourth-order valence-corrected chi connectivity index (χ4v) is 5.18. The molecular formula is C20H21N3O2S2. The lowest BCUT2D eigenvalue weighted by Crippen LogP contribution is -2.48. The highest BCUT2D eigenvalue weighted by Gasteiger charge is 2.42. The van der Waals surface area contributed by atoms with Gasteiger partial charge in [-0.25, -0.2) is 0 Å². The van der Waals surface area contributed by atoms with Crippen LogP contribution in [0, 0.1) is 12.8 Å². The maximum atomic E-state index is 13.1. The van der Waals surface area contributed by atoms with Crippen LogP contribution in [0.15, 0.2) is 46.8 Å². The van der Waals surface area contributed by atoms with Gasteiger partial charge < -0.3 is 10.2 Å². The summed E-state index contributed by atoms with van der Waals surface area (Å²) in [5.41, 5.74) is 1.98. The highest BCUT2D eigenvalue weighted by Crippen LogP contribution is 2.41. The molecule has 5 nitrogen and oxygen atoms in total. The van der Waals surface area contributed by atoms with Gasteiger partial charge in [0.2, 0.25) is 11.8 Å². The molecule has 2 amide bonds. The number of rotatable bonds is 3. The van der Waals surface area contributed by atoms with Crippen LogP contribution in [0.2, 0.25) is 0 Å². The number of carbonyl (C=O) groups excluding carboxylic acids is 2. The second-order valence-electron chi connectivity index (χ2n) is 6.73. The summed E-state index contributed by atoms with van der Waals surface area (Å²) in [4.78, 5) is 33.1. The molecule has 1 fully saturated rings. The smallest absolute Gasteiger partial charge is 0.231 e. The average Bonchev–Trinajstić information content (AvgIpc) is 3.36. The minimum Gasteiger partial charge on any atom is -0.305 e. The summed E-state index contributed by atoms with van der Waals surface area (Å²) in [5.74, 6) is 0.620. The largest absolute Gasteiger partial charge is 0.305 e. The van der Waals surface area contributed by atoms with Crippen LogP contribution in [-0.2, 0) is 9.59 Å². The van der Waals surface area contributed by atoms with Crippen molar-refractivity contribution in [3.8, 4) is 0 Å². The van der Waals surface area contributed by atoms with Crippen molar-refractivity contribution in [2.45, 2.75) is 25.8 Å². The SMILES string of the molecule is Cc1ccc(N2C(=O)CC[C@@H](C(=O)NC3=NCCS3)[C@@H]2c2cccs2)cc1. The van der Waals surface area contributed by atoms with Gasteiger partial charge in [0, 0.05) is 22.7 Å². The number of aryl methyl sites for hydroxylation is 1. The van der Waals surface area contributed by atoms with Gasteiger partial charge in [0.05, 0.1) is 18.5 Å². The molecule has 1 aromatic carbocycles. The number of nitrogens with one attached hydrogen (secondary N) is 1. The van der Waals surface area contributed by atoms with Gasteiger partial charge in [-0.15, -0.1) is 11.3 Å². The maximum Gasteiger partial charge on any atom is 0.231 e. The number of hydrogen-bond donors (Lipinski definition) is 1. The lowest BCUT2D eigenvalue weighted by atomic mass is 9.86. The third-order valence-electron chi connectivity index (χ3n) is 4.90. The Morgan fingerprint density at radius 1 is 1.26 bits per heavy atom. The molecule has 2 aliphatic rings. The molecule has 140 valence electrons. The summed E-state index contributed by atoms with van der Waals surface area (Å²) in [6.45, 7) is 2.77. The van der Waals surface area contributed by atoms with Crippen molar-refractivity contribution < 1.29 is 9.59 Å². The number of carbonyl (C=O) groups is 2. The van der Waals surface area contributed by atoms with Gasteiger partial charge in [0.15, 0.2) is 5.17 Å². The van der Waals surface area contributed by atoms with Crippen LogP contribution in [0.25, 0.3) is 0 Å². The van der Waals surface area contributed by atoms with Crippen LogP contribution in [0.4, 0.5) is 5.69 Å². The van der Waals surface area contributed by atoms with E-state index in [-0.39, 0.29) is 23.8 Å². The molecule has 0 unspecified atom stereocenters. The number of piperidine rings is 1. The van der Waals surface area contributed by atoms with E-state index >= 15 is 0 Å². The molecule has 27 heavy (non-hydrogen) atoms. The average molecular weight is 400 g/mol. The molecular weight excluding hydrogens is 378 g/mol. The Bertz CT molecular complexity index is 862. The number of thiophene rings is 1. The van der Waals surface area contributed by atoms with Gasteiger partial charge in [-0.2, -0.15) is 0 Å². The van der Waals surface area contributed by atoms with E-state index in [0.717, 1.165) is 28.4 Å². The van der Waals surface area contributed by atoms with Crippen LogP contribution in [0.1, 0.15) is 29.3 Å². The van der Waals surface area contributed by atoms with Crippen molar-refractivity contribution >= 4 is 45.8 Å². The van der Waals surface area contributed by atoms with Gasteiger partial charge in [0.25, 0.3) is 0 Å². The van der Waals surface area contributed by atoms with E-state index in [1.165, 1.54) is 0 Å². The molecule has 2 aromatic rings. The Morgan fingerprint density at radius 2 is 2.07 bits per heavy atom. The van der Waals surface area contributed by atoms with Gasteiger partial charge in [-0.05, 0) is 36.9 Å². The normalized spacial score (nSPS) is 22.6. The molecule has 0 saturated carbocycles. The minimum atomic E-state index is -0.299. The summed E-state index contributed by atoms with van der Waals surface area (Å²) < 4.78 is 0. The van der Waals surface area contributed by atoms with E-state index in [0.29, 0.717) is 18.0 Å². The van der Waals surface area contributed by atoms with E-state index < -0.39 is 0 Å². The number of anilines is 1. The van der Waals surface area contributed by atoms with Crippen molar-refractivity contribution in [1.82, 2.24) is 5.32 Å². The molecule has 7 heteroatoms. The van der Waals surface area contributed by atoms with Crippen molar-refractivity contribution in [2.75, 3.05) is 17.2 Å². The highest BCUT2D eigenvalue weighted by molar-refractivity contribution is 8.14. The van der Waals surface area contributed by atoms with Crippen molar-refractivity contribution in [3.63, 3.8) is 0 Å². The fourth-order valence-electron chi connectivity index (χ4n) is 3.57. The van der Waals surface area contributed by atoms with Gasteiger partial charge >= 0.3 is 0 Å². The van der Waals surface area contributed by atoms with Crippen molar-refractivity contribution in [2.24, 2.45) is 10.9 Å². The van der Waals surface area contributed by atoms with Crippen LogP contribution in [0.5, 0.6) is 0 Å². The van der Waals surface area contributed by atoms with Crippen LogP contribution < -0.4 is 10.2 Å². The number of nitrogens with zero attached hydrogens (tertiary/aromatic N) is 2. The predicted molar refractivity (Wildman–Crippen MR) is 111 cm³/mol. The van der Waals surface area contributed by atoms with E-state index in [4.69, 9.17) is 0 Å². The monoisotopic (exact) mass is 399 g/mol. The molecule has 2 atom stereocenters. The van der Waals surface area contributed by atoms with Gasteiger partial charge in [-0.1, -0.05) is 35.5 Å². The molecule has 0 aliphatic carbocycles. The van der Waals surface area contributed by atoms with Crippen molar-refractivity contribution in [3.05, 3.63) is 52.2 Å². The lowest BCUT2D eigenvalue weighted by Gasteiger charge is -2.40. The lowest BCUT2D eigenvalue weighted by molar-refractivity contribution is -0.128. The Balaban J connectivity index is 1.69. The maximum absolute atomic E-state index is 13.1. The summed E-state index contributed by atoms with van der Waals surface area (Å²) in [5, 5.41) is 5.67. The number of thioether (sulfide) groups is 1. The molecule has 0 radical (unpaired) electrons. The Labute approximate surface area is 166 Å². The minimum absolute atomic E-state index is 0.0499. The molecule has 1 saturated heterocycles. The first kappa shape index (κ1) is 18.3. The van der Waals surface area contributed by atoms with E-state index in [1.807, 2.05) is 53.6 Å². The molecule has 3 heterocycles. The molecule has 1 N–H and O–H groups in total. The molecule has 2 aliphatic heterocycles. The number of benzene rings is 1. The summed E-state index contributed by atoms with van der Waals surface area (Å²) >= 11 is 3.16. The van der Waals surface area contributed by atoms with Gasteiger partial charge in [-0.3, -0.25) is 14.6 Å². The second kappa shape index (κ2) is 7.86. The fraction of sp³-hybridized carbons (Fsp3) is 0.350. The number of amidine groups is 1. The molecule has 0 spiro atoms. The van der Waals surface area contributed by atoms with E-state index in [9.17, 15) is 9.59 Å². The standard InChI is InChI=1S/C20H21N3O2S2/c1-13-4-6-14(7-5-13)23-17(24)9-8-15(18(23)16-3-2-11-26-16)19(25)22-20-21-10-12-27-20/h2-7,11,15,18H,8-10,12H2,1H3,(H,21,22,25)/t15-,18-/m1/s1. The van der Waals surface area contributed by atoms with E-state index in [1.54, 1.807) is 23.1 Å². The molecule has 0 bridgehead atoms. The van der Waals surface area contributed by atoms with Crippen LogP contribution in [-0.4, -0.2) is 29.3 Å². The number of hydrogen-bond acceptors (Lipinski definition) is 5. The molecule has 1 aromatic heterocycles. The zero-order chi connectivity index (χ0) is 18.8. The van der Waals surface area contributed by atoms with Crippen LogP contribution in [0.3, 0.4) is 0 Å². The zero-order valence-electron chi connectivity index (χ0n) is 15.1. The molecule has 4 rings (SSSR count). The second-order valence-corrected chi connectivity index (χ2v) is 8.79. The third kappa shape index (κ3) is 3.80. The number of amides is 2. The summed E-state index contributed by atoms with van der Waals surface area (Å²) in [6.07, 6.45) is 0.918. The predicted octanol–water partition coefficient (Wildman–Crippen LogP) is 3.76. The first-order valence-electron chi connectivity index (χ1n) is 9.04. The first-order valence-corrected chi connectivity index (χ1v) is 10.9. The Morgan fingerprint density at radius 3 is 2.74 bits per heavy atom. The topological polar surface area (TPSA) is 61.8 Å². The Kier molecular flexibility index (Phi) is 5.31. The summed E-state index contributed by atoms with van der Waals surface area (Å²) in [7, 11) is 0. The number of aliphatic imine (C=N–C) groups is 1. The van der Waals surface area contributed by atoms with Gasteiger partial charge in [0.1, 0.15) is 0 Å². The quantitative estimate of drug-likeness (QED) is 0.855.